The quantitative estimate of drug-likeness (QED) is 0.216. The van der Waals surface area contributed by atoms with Crippen LogP contribution in [0.2, 0.25) is 0 Å². The smallest absolute Gasteiger partial charge is 0.0770 e. The summed E-state index contributed by atoms with van der Waals surface area (Å²) >= 11 is 0. The Labute approximate surface area is 230 Å². The Bertz CT molecular complexity index is 1470. The summed E-state index contributed by atoms with van der Waals surface area (Å²) in [6.07, 6.45) is 24.9. The summed E-state index contributed by atoms with van der Waals surface area (Å²) in [6.45, 7) is 2.30. The molecule has 1 aliphatic heterocycles. The van der Waals surface area contributed by atoms with Crippen molar-refractivity contribution in [3.05, 3.63) is 119 Å². The molecule has 0 aromatic heterocycles. The van der Waals surface area contributed by atoms with Gasteiger partial charge in [-0.25, -0.2) is 0 Å². The van der Waals surface area contributed by atoms with Gasteiger partial charge in [0.1, 0.15) is 10.6 Å². The number of allylic oxidation sites excluding steroid dienone is 5. The van der Waals surface area contributed by atoms with E-state index in [0.29, 0.717) is 5.92 Å². The molecule has 2 unspecified atom stereocenters. The van der Waals surface area contributed by atoms with Crippen molar-refractivity contribution in [3.8, 4) is 0 Å². The number of hydrogen-bond donors (Lipinski definition) is 0. The molecule has 3 aliphatic rings. The van der Waals surface area contributed by atoms with Gasteiger partial charge in [-0.2, -0.15) is 0 Å². The minimum absolute atomic E-state index is 0.523. The molecular formula is C37H41S+. The highest BCUT2D eigenvalue weighted by Crippen LogP contribution is 2.37. The van der Waals surface area contributed by atoms with E-state index >= 15 is 0 Å². The van der Waals surface area contributed by atoms with Crippen LogP contribution < -0.4 is 0 Å². The van der Waals surface area contributed by atoms with Gasteiger partial charge >= 0.3 is 0 Å². The van der Waals surface area contributed by atoms with Crippen LogP contribution in [0.5, 0.6) is 0 Å². The number of fused-ring (bicyclic) bond motifs is 2. The SMILES string of the molecule is CCC1C=CC=C/C1=C/C[S+]1(c2ccc(CCC3CCCCC3)c3ccccc23)=Cc2ccccc2C=C1. The molecule has 3 aromatic rings. The maximum absolute atomic E-state index is 2.62. The first-order valence-corrected chi connectivity index (χ1v) is 16.7. The van der Waals surface area contributed by atoms with Crippen LogP contribution in [0.1, 0.15) is 68.6 Å². The van der Waals surface area contributed by atoms with E-state index < -0.39 is 9.62 Å². The Kier molecular flexibility index (Phi) is 7.65. The molecule has 38 heavy (non-hydrogen) atoms. The lowest BCUT2D eigenvalue weighted by molar-refractivity contribution is 0.339. The van der Waals surface area contributed by atoms with Crippen LogP contribution >= 0.6 is 0 Å². The van der Waals surface area contributed by atoms with E-state index in [1.807, 2.05) is 0 Å². The third kappa shape index (κ3) is 5.19. The Morgan fingerprint density at radius 3 is 2.45 bits per heavy atom. The molecular weight excluding hydrogens is 476 g/mol. The van der Waals surface area contributed by atoms with Crippen LogP contribution in [0.3, 0.4) is 0 Å². The lowest BCUT2D eigenvalue weighted by Crippen LogP contribution is -2.20. The van der Waals surface area contributed by atoms with Gasteiger partial charge in [-0.05, 0) is 71.6 Å². The predicted molar refractivity (Wildman–Crippen MR) is 170 cm³/mol. The molecule has 194 valence electrons. The number of hydrogen-bond acceptors (Lipinski definition) is 0. The van der Waals surface area contributed by atoms with Gasteiger partial charge in [0.15, 0.2) is 0 Å². The van der Waals surface area contributed by atoms with E-state index in [9.17, 15) is 0 Å². The van der Waals surface area contributed by atoms with Crippen molar-refractivity contribution < 1.29 is 0 Å². The van der Waals surface area contributed by atoms with Crippen LogP contribution in [0, 0.1) is 11.8 Å². The fourth-order valence-corrected chi connectivity index (χ4v) is 9.88. The monoisotopic (exact) mass is 517 g/mol. The number of aryl methyl sites for hydroxylation is 1. The Hall–Kier alpha value is -2.90. The summed E-state index contributed by atoms with van der Waals surface area (Å²) in [5, 5.41) is 8.09. The average Bonchev–Trinajstić information content (AvgIpc) is 2.99. The summed E-state index contributed by atoms with van der Waals surface area (Å²) in [7, 11) is -1.34. The van der Waals surface area contributed by atoms with Gasteiger partial charge in [0.05, 0.1) is 10.8 Å². The van der Waals surface area contributed by atoms with Crippen molar-refractivity contribution in [2.75, 3.05) is 5.75 Å². The van der Waals surface area contributed by atoms with Crippen molar-refractivity contribution in [2.45, 2.75) is 63.2 Å². The summed E-state index contributed by atoms with van der Waals surface area (Å²) < 4.78 is 0. The third-order valence-corrected chi connectivity index (χ3v) is 12.1. The maximum Gasteiger partial charge on any atom is 0.131 e. The first-order chi connectivity index (χ1) is 18.8. The minimum atomic E-state index is -1.34. The molecule has 0 amide bonds. The van der Waals surface area contributed by atoms with Crippen molar-refractivity contribution in [1.29, 1.82) is 0 Å². The second-order valence-corrected chi connectivity index (χ2v) is 14.3. The zero-order valence-electron chi connectivity index (χ0n) is 22.8. The van der Waals surface area contributed by atoms with Gasteiger partial charge in [0.25, 0.3) is 0 Å². The lowest BCUT2D eigenvalue weighted by atomic mass is 9.85. The van der Waals surface area contributed by atoms with Gasteiger partial charge in [-0.3, -0.25) is 0 Å². The molecule has 1 heterocycles. The molecule has 0 saturated heterocycles. The summed E-state index contributed by atoms with van der Waals surface area (Å²) in [4.78, 5) is 1.51. The molecule has 3 aromatic carbocycles. The highest BCUT2D eigenvalue weighted by Gasteiger charge is 2.29. The van der Waals surface area contributed by atoms with Gasteiger partial charge in [0.2, 0.25) is 0 Å². The normalized spacial score (nSPS) is 24.0. The molecule has 1 heteroatoms. The molecule has 2 aliphatic carbocycles. The van der Waals surface area contributed by atoms with Crippen molar-refractivity contribution in [3.63, 3.8) is 0 Å². The zero-order chi connectivity index (χ0) is 25.8. The second kappa shape index (κ2) is 11.5. The Morgan fingerprint density at radius 2 is 1.61 bits per heavy atom. The molecule has 0 nitrogen and oxygen atoms in total. The Morgan fingerprint density at radius 1 is 0.816 bits per heavy atom. The zero-order valence-corrected chi connectivity index (χ0v) is 23.6. The van der Waals surface area contributed by atoms with E-state index in [1.165, 1.54) is 82.9 Å². The predicted octanol–water partition coefficient (Wildman–Crippen LogP) is 9.78. The maximum atomic E-state index is 2.62. The largest absolute Gasteiger partial charge is 0.131 e. The average molecular weight is 518 g/mol. The van der Waals surface area contributed by atoms with Gasteiger partial charge in [-0.15, -0.1) is 0 Å². The molecule has 1 saturated carbocycles. The van der Waals surface area contributed by atoms with Crippen molar-refractivity contribution in [2.24, 2.45) is 11.8 Å². The van der Waals surface area contributed by atoms with Crippen LogP contribution in [0.15, 0.2) is 107 Å². The minimum Gasteiger partial charge on any atom is -0.0770 e. The van der Waals surface area contributed by atoms with Gasteiger partial charge in [-0.1, -0.05) is 121 Å². The van der Waals surface area contributed by atoms with Crippen LogP contribution in [0.25, 0.3) is 16.8 Å². The molecule has 0 N–H and O–H groups in total. The third-order valence-electron chi connectivity index (χ3n) is 8.96. The van der Waals surface area contributed by atoms with E-state index in [1.54, 1.807) is 0 Å². The van der Waals surface area contributed by atoms with Gasteiger partial charge < -0.3 is 0 Å². The van der Waals surface area contributed by atoms with E-state index in [0.717, 1.165) is 18.1 Å². The number of benzene rings is 3. The molecule has 1 fully saturated rings. The molecule has 0 radical (unpaired) electrons. The lowest BCUT2D eigenvalue weighted by Gasteiger charge is -2.24. The summed E-state index contributed by atoms with van der Waals surface area (Å²) in [5.41, 5.74) is 5.72. The fraction of sp³-hybridized carbons (Fsp3) is 0.324. The van der Waals surface area contributed by atoms with Crippen LogP contribution in [-0.2, 0) is 16.0 Å². The highest BCUT2D eigenvalue weighted by atomic mass is 32.2. The molecule has 0 spiro atoms. The van der Waals surface area contributed by atoms with Crippen molar-refractivity contribution >= 4 is 31.8 Å². The highest BCUT2D eigenvalue weighted by molar-refractivity contribution is 8.15. The van der Waals surface area contributed by atoms with E-state index in [2.05, 4.69) is 115 Å². The molecule has 6 rings (SSSR count). The fourth-order valence-electron chi connectivity index (χ4n) is 6.70. The summed E-state index contributed by atoms with van der Waals surface area (Å²) in [5.74, 6) is 2.49. The van der Waals surface area contributed by atoms with Crippen molar-refractivity contribution in [1.82, 2.24) is 0 Å². The number of rotatable bonds is 7. The topological polar surface area (TPSA) is 0 Å². The molecule has 2 atom stereocenters. The first-order valence-electron chi connectivity index (χ1n) is 14.7. The summed E-state index contributed by atoms with van der Waals surface area (Å²) in [6, 6.07) is 23.1. The van der Waals surface area contributed by atoms with E-state index in [4.69, 9.17) is 0 Å². The standard InChI is InChI=1S/C37H41S/c1-2-30-14-6-7-15-31(30)24-26-38(27-25-32-16-8-9-17-34(32)28-38)37-23-22-33(35-18-10-11-19-36(35)37)21-20-29-12-4-3-5-13-29/h6-11,14-19,22-25,27-30H,2-5,12-13,20-21,26H2,1H3/q+1/b31-24-. The van der Waals surface area contributed by atoms with Crippen LogP contribution in [-0.4, -0.2) is 11.1 Å². The molecule has 0 bridgehead atoms. The first kappa shape index (κ1) is 25.4. The van der Waals surface area contributed by atoms with E-state index in [-0.39, 0.29) is 0 Å². The Balaban J connectivity index is 1.43. The van der Waals surface area contributed by atoms with Crippen LogP contribution in [0.4, 0.5) is 0 Å². The second-order valence-electron chi connectivity index (χ2n) is 11.3. The van der Waals surface area contributed by atoms with Gasteiger partial charge in [0, 0.05) is 16.9 Å².